The first-order chi connectivity index (χ1) is 14.6. The number of benzene rings is 2. The van der Waals surface area contributed by atoms with Crippen LogP contribution < -0.4 is 15.4 Å². The predicted molar refractivity (Wildman–Crippen MR) is 120 cm³/mol. The fourth-order valence-corrected chi connectivity index (χ4v) is 3.36. The number of thiazole rings is 1. The van der Waals surface area contributed by atoms with Crippen molar-refractivity contribution in [1.82, 2.24) is 10.3 Å². The number of hydrogen-bond donors (Lipinski definition) is 2. The van der Waals surface area contributed by atoms with Gasteiger partial charge in [-0.1, -0.05) is 30.3 Å². The molecule has 0 aliphatic heterocycles. The standard InChI is InChI=1S/C23H23N3O3S/c1-3-24-23(28)19-9-5-6-10-20(19)26-22(27)13-12-17-8-4-7-11-21(17)29-14-18-15-30-16(2)25-18/h4-13,15H,3,14H2,1-2H3,(H,24,28)(H,26,27)/b13-12+. The highest BCUT2D eigenvalue weighted by Crippen LogP contribution is 2.22. The van der Waals surface area contributed by atoms with Crippen LogP contribution in [0.1, 0.15) is 33.5 Å². The average Bonchev–Trinajstić information content (AvgIpc) is 3.17. The molecule has 0 radical (unpaired) electrons. The fourth-order valence-electron chi connectivity index (χ4n) is 2.76. The molecule has 0 aliphatic rings. The molecule has 154 valence electrons. The van der Waals surface area contributed by atoms with Gasteiger partial charge in [0.25, 0.3) is 5.91 Å². The van der Waals surface area contributed by atoms with Crippen LogP contribution in [0.15, 0.2) is 60.0 Å². The van der Waals surface area contributed by atoms with Gasteiger partial charge in [0.15, 0.2) is 0 Å². The van der Waals surface area contributed by atoms with Gasteiger partial charge in [-0.05, 0) is 38.1 Å². The third-order valence-corrected chi connectivity index (χ3v) is 4.96. The predicted octanol–water partition coefficient (Wildman–Crippen LogP) is 4.43. The molecule has 1 heterocycles. The monoisotopic (exact) mass is 421 g/mol. The molecule has 30 heavy (non-hydrogen) atoms. The van der Waals surface area contributed by atoms with E-state index in [0.717, 1.165) is 16.3 Å². The zero-order valence-corrected chi connectivity index (χ0v) is 17.7. The second-order valence-electron chi connectivity index (χ2n) is 6.41. The van der Waals surface area contributed by atoms with Crippen LogP contribution >= 0.6 is 11.3 Å². The van der Waals surface area contributed by atoms with E-state index in [4.69, 9.17) is 4.74 Å². The lowest BCUT2D eigenvalue weighted by atomic mass is 10.1. The van der Waals surface area contributed by atoms with Gasteiger partial charge in [0, 0.05) is 23.6 Å². The van der Waals surface area contributed by atoms with Gasteiger partial charge >= 0.3 is 0 Å². The minimum atomic E-state index is -0.336. The molecular formula is C23H23N3O3S. The summed E-state index contributed by atoms with van der Waals surface area (Å²) in [4.78, 5) is 29.0. The number of para-hydroxylation sites is 2. The molecule has 3 rings (SSSR count). The molecule has 1 aromatic heterocycles. The molecule has 0 bridgehead atoms. The SMILES string of the molecule is CCNC(=O)c1ccccc1NC(=O)/C=C/c1ccccc1OCc1csc(C)n1. The Kier molecular flexibility index (Phi) is 7.34. The fraction of sp³-hybridized carbons (Fsp3) is 0.174. The van der Waals surface area contributed by atoms with Crippen LogP contribution in [0.4, 0.5) is 5.69 Å². The maximum atomic E-state index is 12.4. The molecule has 0 saturated heterocycles. The smallest absolute Gasteiger partial charge is 0.253 e. The van der Waals surface area contributed by atoms with Crippen LogP contribution in [0.25, 0.3) is 6.08 Å². The molecule has 0 aliphatic carbocycles. The number of aryl methyl sites for hydroxylation is 1. The summed E-state index contributed by atoms with van der Waals surface area (Å²) in [7, 11) is 0. The highest BCUT2D eigenvalue weighted by Gasteiger charge is 2.11. The molecule has 0 atom stereocenters. The molecule has 3 aromatic rings. The second-order valence-corrected chi connectivity index (χ2v) is 7.47. The molecule has 6 nitrogen and oxygen atoms in total. The Labute approximate surface area is 179 Å². The van der Waals surface area contributed by atoms with Gasteiger partial charge in [-0.2, -0.15) is 0 Å². The zero-order valence-electron chi connectivity index (χ0n) is 16.8. The van der Waals surface area contributed by atoms with Crippen molar-refractivity contribution in [2.24, 2.45) is 0 Å². The van der Waals surface area contributed by atoms with E-state index >= 15 is 0 Å². The molecule has 2 amide bonds. The topological polar surface area (TPSA) is 80.3 Å². The summed E-state index contributed by atoms with van der Waals surface area (Å²) in [6.07, 6.45) is 3.11. The van der Waals surface area contributed by atoms with Crippen molar-refractivity contribution in [3.05, 3.63) is 81.8 Å². The number of carbonyl (C=O) groups is 2. The maximum absolute atomic E-state index is 12.4. The van der Waals surface area contributed by atoms with E-state index in [0.29, 0.717) is 30.2 Å². The summed E-state index contributed by atoms with van der Waals surface area (Å²) < 4.78 is 5.87. The van der Waals surface area contributed by atoms with Crippen molar-refractivity contribution in [2.45, 2.75) is 20.5 Å². The third-order valence-electron chi connectivity index (χ3n) is 4.14. The van der Waals surface area contributed by atoms with Crippen LogP contribution in [-0.2, 0) is 11.4 Å². The molecular weight excluding hydrogens is 398 g/mol. The molecule has 0 unspecified atom stereocenters. The molecule has 0 spiro atoms. The number of amides is 2. The Bertz CT molecular complexity index is 1060. The number of ether oxygens (including phenoxy) is 1. The largest absolute Gasteiger partial charge is 0.487 e. The molecule has 2 aromatic carbocycles. The van der Waals surface area contributed by atoms with E-state index in [-0.39, 0.29) is 11.8 Å². The number of nitrogens with zero attached hydrogens (tertiary/aromatic N) is 1. The van der Waals surface area contributed by atoms with Crippen LogP contribution in [0, 0.1) is 6.92 Å². The van der Waals surface area contributed by atoms with Crippen molar-refractivity contribution in [3.63, 3.8) is 0 Å². The number of hydrogen-bond acceptors (Lipinski definition) is 5. The summed E-state index contributed by atoms with van der Waals surface area (Å²) in [5.41, 5.74) is 2.53. The summed E-state index contributed by atoms with van der Waals surface area (Å²) >= 11 is 1.58. The van der Waals surface area contributed by atoms with Crippen molar-refractivity contribution in [1.29, 1.82) is 0 Å². The lowest BCUT2D eigenvalue weighted by Crippen LogP contribution is -2.24. The van der Waals surface area contributed by atoms with Crippen molar-refractivity contribution < 1.29 is 14.3 Å². The summed E-state index contributed by atoms with van der Waals surface area (Å²) in [6.45, 7) is 4.67. The van der Waals surface area contributed by atoms with Gasteiger partial charge in [0.2, 0.25) is 5.91 Å². The zero-order chi connectivity index (χ0) is 21.3. The van der Waals surface area contributed by atoms with Gasteiger partial charge in [-0.25, -0.2) is 4.98 Å². The average molecular weight is 422 g/mol. The lowest BCUT2D eigenvalue weighted by molar-refractivity contribution is -0.111. The maximum Gasteiger partial charge on any atom is 0.253 e. The minimum absolute atomic E-state index is 0.228. The van der Waals surface area contributed by atoms with Crippen molar-refractivity contribution in [3.8, 4) is 5.75 Å². The number of anilines is 1. The normalized spacial score (nSPS) is 10.7. The molecule has 7 heteroatoms. The van der Waals surface area contributed by atoms with Crippen molar-refractivity contribution in [2.75, 3.05) is 11.9 Å². The number of carbonyl (C=O) groups excluding carboxylic acids is 2. The Morgan fingerprint density at radius 3 is 2.67 bits per heavy atom. The van der Waals surface area contributed by atoms with E-state index in [1.54, 1.807) is 41.7 Å². The van der Waals surface area contributed by atoms with Gasteiger partial charge in [-0.3, -0.25) is 9.59 Å². The first kappa shape index (κ1) is 21.3. The van der Waals surface area contributed by atoms with E-state index in [1.165, 1.54) is 6.08 Å². The highest BCUT2D eigenvalue weighted by atomic mass is 32.1. The van der Waals surface area contributed by atoms with Gasteiger partial charge < -0.3 is 15.4 Å². The van der Waals surface area contributed by atoms with E-state index in [1.807, 2.05) is 43.5 Å². The molecule has 2 N–H and O–H groups in total. The first-order valence-electron chi connectivity index (χ1n) is 9.56. The summed E-state index contributed by atoms with van der Waals surface area (Å²) in [6, 6.07) is 14.4. The Morgan fingerprint density at radius 2 is 1.90 bits per heavy atom. The number of rotatable bonds is 8. The second kappa shape index (κ2) is 10.4. The van der Waals surface area contributed by atoms with Crippen molar-refractivity contribution >= 4 is 34.9 Å². The molecule has 0 saturated carbocycles. The highest BCUT2D eigenvalue weighted by molar-refractivity contribution is 7.09. The van der Waals surface area contributed by atoms with E-state index < -0.39 is 0 Å². The van der Waals surface area contributed by atoms with E-state index in [9.17, 15) is 9.59 Å². The minimum Gasteiger partial charge on any atom is -0.487 e. The van der Waals surface area contributed by atoms with Crippen LogP contribution in [0.3, 0.4) is 0 Å². The van der Waals surface area contributed by atoms with Gasteiger partial charge in [0.1, 0.15) is 12.4 Å². The van der Waals surface area contributed by atoms with Gasteiger partial charge in [0.05, 0.1) is 22.0 Å². The van der Waals surface area contributed by atoms with Crippen LogP contribution in [0.5, 0.6) is 5.75 Å². The van der Waals surface area contributed by atoms with Crippen LogP contribution in [0.2, 0.25) is 0 Å². The Morgan fingerprint density at radius 1 is 1.13 bits per heavy atom. The first-order valence-corrected chi connectivity index (χ1v) is 10.4. The Balaban J connectivity index is 1.68. The van der Waals surface area contributed by atoms with E-state index in [2.05, 4.69) is 15.6 Å². The number of nitrogens with one attached hydrogen (secondary N) is 2. The molecule has 0 fully saturated rings. The summed E-state index contributed by atoms with van der Waals surface area (Å²) in [5.74, 6) is 0.0972. The lowest BCUT2D eigenvalue weighted by Gasteiger charge is -2.10. The quantitative estimate of drug-likeness (QED) is 0.527. The summed E-state index contributed by atoms with van der Waals surface area (Å²) in [5, 5.41) is 8.46. The van der Waals surface area contributed by atoms with Crippen LogP contribution in [-0.4, -0.2) is 23.3 Å². The third kappa shape index (κ3) is 5.78. The Hall–Kier alpha value is -3.45. The number of aromatic nitrogens is 1. The van der Waals surface area contributed by atoms with Gasteiger partial charge in [-0.15, -0.1) is 11.3 Å².